The smallest absolute Gasteiger partial charge is 0.272 e. The van der Waals surface area contributed by atoms with Gasteiger partial charge in [0.15, 0.2) is 21.3 Å². The van der Waals surface area contributed by atoms with Crippen molar-refractivity contribution in [3.8, 4) is 11.5 Å². The Morgan fingerprint density at radius 1 is 1.35 bits per heavy atom. The van der Waals surface area contributed by atoms with Crippen LogP contribution in [0.1, 0.15) is 35.8 Å². The number of sulfone groups is 1. The zero-order valence-corrected chi connectivity index (χ0v) is 13.3. The van der Waals surface area contributed by atoms with Crippen LogP contribution in [0.4, 0.5) is 0 Å². The highest BCUT2D eigenvalue weighted by molar-refractivity contribution is 7.91. The highest BCUT2D eigenvalue weighted by atomic mass is 32.2. The molecule has 4 rings (SSSR count). The van der Waals surface area contributed by atoms with Gasteiger partial charge in [-0.15, -0.1) is 0 Å². The number of furan rings is 1. The molecular weight excluding hydrogens is 318 g/mol. The Balaban J connectivity index is 1.70. The van der Waals surface area contributed by atoms with Gasteiger partial charge in [-0.3, -0.25) is 9.48 Å². The summed E-state index contributed by atoms with van der Waals surface area (Å²) in [6.45, 7) is 0. The van der Waals surface area contributed by atoms with Crippen LogP contribution in [0.5, 0.6) is 0 Å². The van der Waals surface area contributed by atoms with Gasteiger partial charge in [-0.25, -0.2) is 8.42 Å². The molecule has 0 radical (unpaired) electrons. The van der Waals surface area contributed by atoms with Crippen LogP contribution in [0.15, 0.2) is 28.9 Å². The van der Waals surface area contributed by atoms with E-state index < -0.39 is 9.84 Å². The van der Waals surface area contributed by atoms with Crippen LogP contribution >= 0.6 is 0 Å². The van der Waals surface area contributed by atoms with E-state index in [1.165, 1.54) is 0 Å². The molecule has 1 aliphatic heterocycles. The fourth-order valence-corrected chi connectivity index (χ4v) is 4.54. The van der Waals surface area contributed by atoms with Gasteiger partial charge in [0.1, 0.15) is 5.69 Å². The SMILES string of the molecule is O=C(NC1CC1)c1cc(-c2ccco2)n([C@@H]2CCS(=O)(=O)C2)n1. The Bertz CT molecular complexity index is 834. The number of amides is 1. The van der Waals surface area contributed by atoms with Gasteiger partial charge in [-0.1, -0.05) is 0 Å². The average molecular weight is 335 g/mol. The van der Waals surface area contributed by atoms with Crippen LogP contribution in [0.25, 0.3) is 11.5 Å². The predicted molar refractivity (Wildman–Crippen MR) is 82.7 cm³/mol. The lowest BCUT2D eigenvalue weighted by molar-refractivity contribution is 0.0945. The monoisotopic (exact) mass is 335 g/mol. The van der Waals surface area contributed by atoms with Crippen molar-refractivity contribution in [3.63, 3.8) is 0 Å². The summed E-state index contributed by atoms with van der Waals surface area (Å²) in [5.41, 5.74) is 0.936. The molecule has 1 saturated carbocycles. The third-order valence-electron chi connectivity index (χ3n) is 4.21. The number of aromatic nitrogens is 2. The molecule has 1 atom stereocenters. The van der Waals surface area contributed by atoms with Crippen molar-refractivity contribution < 1.29 is 17.6 Å². The molecule has 1 amide bonds. The molecule has 2 aliphatic rings. The van der Waals surface area contributed by atoms with Crippen molar-refractivity contribution in [3.05, 3.63) is 30.2 Å². The topological polar surface area (TPSA) is 94.2 Å². The summed E-state index contributed by atoms with van der Waals surface area (Å²) in [4.78, 5) is 12.2. The lowest BCUT2D eigenvalue weighted by Crippen LogP contribution is -2.26. The highest BCUT2D eigenvalue weighted by Gasteiger charge is 2.33. The summed E-state index contributed by atoms with van der Waals surface area (Å²) >= 11 is 0. The zero-order valence-electron chi connectivity index (χ0n) is 12.4. The number of hydrogen-bond acceptors (Lipinski definition) is 5. The maximum Gasteiger partial charge on any atom is 0.272 e. The minimum absolute atomic E-state index is 0.0477. The lowest BCUT2D eigenvalue weighted by Gasteiger charge is -2.11. The van der Waals surface area contributed by atoms with Gasteiger partial charge in [0.2, 0.25) is 0 Å². The van der Waals surface area contributed by atoms with Gasteiger partial charge in [0.25, 0.3) is 5.91 Å². The molecule has 8 heteroatoms. The second-order valence-electron chi connectivity index (χ2n) is 6.14. The molecule has 1 aliphatic carbocycles. The van der Waals surface area contributed by atoms with Gasteiger partial charge in [0, 0.05) is 12.1 Å². The van der Waals surface area contributed by atoms with Crippen molar-refractivity contribution in [2.45, 2.75) is 31.3 Å². The number of carbonyl (C=O) groups is 1. The molecule has 0 bridgehead atoms. The van der Waals surface area contributed by atoms with Crippen molar-refractivity contribution in [1.82, 2.24) is 15.1 Å². The molecule has 1 saturated heterocycles. The molecule has 122 valence electrons. The maximum absolute atomic E-state index is 12.2. The normalized spacial score (nSPS) is 23.0. The van der Waals surface area contributed by atoms with Gasteiger partial charge < -0.3 is 9.73 Å². The van der Waals surface area contributed by atoms with Crippen LogP contribution in [-0.2, 0) is 9.84 Å². The van der Waals surface area contributed by atoms with E-state index in [2.05, 4.69) is 10.4 Å². The summed E-state index contributed by atoms with van der Waals surface area (Å²) in [6, 6.07) is 5.18. The van der Waals surface area contributed by atoms with E-state index in [4.69, 9.17) is 4.42 Å². The van der Waals surface area contributed by atoms with E-state index in [-0.39, 0.29) is 29.5 Å². The second kappa shape index (κ2) is 5.23. The number of carbonyl (C=O) groups excluding carboxylic acids is 1. The quantitative estimate of drug-likeness (QED) is 0.911. The van der Waals surface area contributed by atoms with E-state index in [1.807, 2.05) is 0 Å². The van der Waals surface area contributed by atoms with Gasteiger partial charge in [0.05, 0.1) is 23.8 Å². The minimum atomic E-state index is -3.04. The standard InChI is InChI=1S/C15H17N3O4S/c19-15(16-10-3-4-10)12-8-13(14-2-1-6-22-14)18(17-12)11-5-7-23(20,21)9-11/h1-2,6,8,10-11H,3-5,7,9H2,(H,16,19)/t11-/m1/s1. The van der Waals surface area contributed by atoms with Crippen LogP contribution in [0, 0.1) is 0 Å². The fraction of sp³-hybridized carbons (Fsp3) is 0.467. The zero-order chi connectivity index (χ0) is 16.0. The van der Waals surface area contributed by atoms with Crippen LogP contribution in [0.2, 0.25) is 0 Å². The Labute approximate surface area is 133 Å². The summed E-state index contributed by atoms with van der Waals surface area (Å²) in [5, 5.41) is 7.27. The average Bonchev–Trinajstić information content (AvgIpc) is 2.96. The highest BCUT2D eigenvalue weighted by Crippen LogP contribution is 2.30. The first-order valence-electron chi connectivity index (χ1n) is 7.66. The molecule has 2 fully saturated rings. The summed E-state index contributed by atoms with van der Waals surface area (Å²) in [6.07, 6.45) is 4.04. The summed E-state index contributed by atoms with van der Waals surface area (Å²) in [5.74, 6) is 0.553. The molecule has 23 heavy (non-hydrogen) atoms. The Kier molecular flexibility index (Phi) is 3.29. The molecular formula is C15H17N3O4S. The molecule has 7 nitrogen and oxygen atoms in total. The maximum atomic E-state index is 12.2. The summed E-state index contributed by atoms with van der Waals surface area (Å²) in [7, 11) is -3.04. The van der Waals surface area contributed by atoms with Crippen LogP contribution in [-0.4, -0.2) is 41.7 Å². The number of rotatable bonds is 4. The summed E-state index contributed by atoms with van der Waals surface area (Å²) < 4.78 is 30.6. The van der Waals surface area contributed by atoms with E-state index in [0.29, 0.717) is 23.6 Å². The Hall–Kier alpha value is -2.09. The largest absolute Gasteiger partial charge is 0.463 e. The van der Waals surface area contributed by atoms with Crippen LogP contribution in [0.3, 0.4) is 0 Å². The van der Waals surface area contributed by atoms with Gasteiger partial charge >= 0.3 is 0 Å². The Morgan fingerprint density at radius 2 is 2.17 bits per heavy atom. The van der Waals surface area contributed by atoms with Crippen LogP contribution < -0.4 is 5.32 Å². The number of nitrogens with one attached hydrogen (secondary N) is 1. The molecule has 3 heterocycles. The number of hydrogen-bond donors (Lipinski definition) is 1. The van der Waals surface area contributed by atoms with E-state index >= 15 is 0 Å². The first-order chi connectivity index (χ1) is 11.0. The molecule has 0 unspecified atom stereocenters. The van der Waals surface area contributed by atoms with E-state index in [0.717, 1.165) is 12.8 Å². The van der Waals surface area contributed by atoms with Crippen molar-refractivity contribution in [2.75, 3.05) is 11.5 Å². The Morgan fingerprint density at radius 3 is 2.78 bits per heavy atom. The van der Waals surface area contributed by atoms with Gasteiger partial charge in [-0.2, -0.15) is 5.10 Å². The molecule has 0 spiro atoms. The second-order valence-corrected chi connectivity index (χ2v) is 8.37. The molecule has 0 aromatic carbocycles. The number of nitrogens with zero attached hydrogens (tertiary/aromatic N) is 2. The van der Waals surface area contributed by atoms with Crippen molar-refractivity contribution in [2.24, 2.45) is 0 Å². The lowest BCUT2D eigenvalue weighted by atomic mass is 10.2. The third kappa shape index (κ3) is 2.90. The molecule has 2 aromatic rings. The molecule has 1 N–H and O–H groups in total. The van der Waals surface area contributed by atoms with E-state index in [1.54, 1.807) is 29.1 Å². The van der Waals surface area contributed by atoms with E-state index in [9.17, 15) is 13.2 Å². The first-order valence-corrected chi connectivity index (χ1v) is 9.49. The predicted octanol–water partition coefficient (Wildman–Crippen LogP) is 1.39. The van der Waals surface area contributed by atoms with Gasteiger partial charge in [-0.05, 0) is 31.4 Å². The first kappa shape index (κ1) is 14.5. The minimum Gasteiger partial charge on any atom is -0.463 e. The molecule has 2 aromatic heterocycles. The fourth-order valence-electron chi connectivity index (χ4n) is 2.85. The van der Waals surface area contributed by atoms with Crippen molar-refractivity contribution in [1.29, 1.82) is 0 Å². The van der Waals surface area contributed by atoms with Crippen molar-refractivity contribution >= 4 is 15.7 Å². The third-order valence-corrected chi connectivity index (χ3v) is 5.96.